The zero-order valence-corrected chi connectivity index (χ0v) is 12.2. The third-order valence-corrected chi connectivity index (χ3v) is 3.29. The fourth-order valence-electron chi connectivity index (χ4n) is 2.16. The van der Waals surface area contributed by atoms with E-state index in [1.165, 1.54) is 0 Å². The first-order chi connectivity index (χ1) is 10.1. The average Bonchev–Trinajstić information content (AvgIpc) is 2.49. The normalized spacial score (nSPS) is 12.0. The van der Waals surface area contributed by atoms with Gasteiger partial charge in [0.2, 0.25) is 5.91 Å². The van der Waals surface area contributed by atoms with Crippen molar-refractivity contribution in [2.24, 2.45) is 5.92 Å². The fourth-order valence-corrected chi connectivity index (χ4v) is 2.16. The summed E-state index contributed by atoms with van der Waals surface area (Å²) in [6.45, 7) is 3.63. The third kappa shape index (κ3) is 3.78. The topological polar surface area (TPSA) is 46.2 Å². The molecule has 0 aliphatic heterocycles. The van der Waals surface area contributed by atoms with Crippen LogP contribution in [0.5, 0.6) is 0 Å². The molecule has 0 radical (unpaired) electrons. The second kappa shape index (κ2) is 6.84. The van der Waals surface area contributed by atoms with Crippen molar-refractivity contribution in [2.45, 2.75) is 19.8 Å². The van der Waals surface area contributed by atoms with E-state index in [0.717, 1.165) is 5.56 Å². The largest absolute Gasteiger partial charge is 0.325 e. The van der Waals surface area contributed by atoms with Crippen LogP contribution in [-0.2, 0) is 9.59 Å². The number of hydrogen-bond acceptors (Lipinski definition) is 2. The summed E-state index contributed by atoms with van der Waals surface area (Å²) in [5.41, 5.74) is 1.42. The highest BCUT2D eigenvalue weighted by atomic mass is 16.2. The molecule has 3 nitrogen and oxygen atoms in total. The number of carbonyl (C=O) groups is 2. The van der Waals surface area contributed by atoms with Crippen LogP contribution in [-0.4, -0.2) is 11.7 Å². The molecule has 0 saturated heterocycles. The van der Waals surface area contributed by atoms with Crippen LogP contribution in [0.2, 0.25) is 0 Å². The maximum atomic E-state index is 12.5. The molecular weight excluding hydrogens is 262 g/mol. The molecule has 2 aromatic carbocycles. The molecule has 0 bridgehead atoms. The molecule has 0 aromatic heterocycles. The number of ketones is 1. The maximum Gasteiger partial charge on any atom is 0.239 e. The van der Waals surface area contributed by atoms with Crippen molar-refractivity contribution in [1.29, 1.82) is 0 Å². The number of hydrogen-bond donors (Lipinski definition) is 1. The van der Waals surface area contributed by atoms with E-state index in [0.29, 0.717) is 5.69 Å². The van der Waals surface area contributed by atoms with E-state index in [-0.39, 0.29) is 17.6 Å². The van der Waals surface area contributed by atoms with E-state index in [4.69, 9.17) is 0 Å². The van der Waals surface area contributed by atoms with E-state index in [9.17, 15) is 9.59 Å². The molecule has 0 aliphatic rings. The lowest BCUT2D eigenvalue weighted by Gasteiger charge is -2.18. The highest BCUT2D eigenvalue weighted by Gasteiger charge is 2.29. The molecular formula is C18H19NO2. The second-order valence-corrected chi connectivity index (χ2v) is 5.26. The number of anilines is 1. The summed E-state index contributed by atoms with van der Waals surface area (Å²) in [5, 5.41) is 2.82. The van der Waals surface area contributed by atoms with Crippen LogP contribution in [0.4, 0.5) is 5.69 Å². The van der Waals surface area contributed by atoms with Gasteiger partial charge in [0, 0.05) is 11.6 Å². The zero-order chi connectivity index (χ0) is 15.2. The minimum Gasteiger partial charge on any atom is -0.325 e. The molecule has 0 aliphatic carbocycles. The van der Waals surface area contributed by atoms with E-state index >= 15 is 0 Å². The summed E-state index contributed by atoms with van der Waals surface area (Å²) in [5.74, 6) is -1.33. The number of amides is 1. The zero-order valence-electron chi connectivity index (χ0n) is 12.2. The maximum absolute atomic E-state index is 12.5. The van der Waals surface area contributed by atoms with Crippen LogP contribution in [0.3, 0.4) is 0 Å². The van der Waals surface area contributed by atoms with Crippen LogP contribution in [0.25, 0.3) is 0 Å². The van der Waals surface area contributed by atoms with Gasteiger partial charge >= 0.3 is 0 Å². The van der Waals surface area contributed by atoms with Gasteiger partial charge in [-0.25, -0.2) is 0 Å². The minimum atomic E-state index is -0.772. The molecule has 3 heteroatoms. The quantitative estimate of drug-likeness (QED) is 0.851. The highest BCUT2D eigenvalue weighted by molar-refractivity contribution is 6.12. The SMILES string of the molecule is CC(C)C(=O)C(C(=O)Nc1ccccc1)c1ccccc1. The molecule has 0 saturated carbocycles. The summed E-state index contributed by atoms with van der Waals surface area (Å²) >= 11 is 0. The van der Waals surface area contributed by atoms with Crippen LogP contribution in [0.1, 0.15) is 25.3 Å². The van der Waals surface area contributed by atoms with Crippen molar-refractivity contribution in [3.05, 3.63) is 66.2 Å². The molecule has 1 atom stereocenters. The van der Waals surface area contributed by atoms with Crippen molar-refractivity contribution in [2.75, 3.05) is 5.32 Å². The number of nitrogens with one attached hydrogen (secondary N) is 1. The lowest BCUT2D eigenvalue weighted by atomic mass is 9.88. The van der Waals surface area contributed by atoms with Crippen LogP contribution in [0, 0.1) is 5.92 Å². The van der Waals surface area contributed by atoms with Gasteiger partial charge in [-0.15, -0.1) is 0 Å². The molecule has 2 rings (SSSR count). The predicted molar refractivity (Wildman–Crippen MR) is 84.1 cm³/mol. The van der Waals surface area contributed by atoms with Gasteiger partial charge in [-0.05, 0) is 17.7 Å². The summed E-state index contributed by atoms with van der Waals surface area (Å²) < 4.78 is 0. The first kappa shape index (κ1) is 15.0. The molecule has 2 aromatic rings. The van der Waals surface area contributed by atoms with Gasteiger partial charge in [-0.1, -0.05) is 62.4 Å². The highest BCUT2D eigenvalue weighted by Crippen LogP contribution is 2.22. The summed E-state index contributed by atoms with van der Waals surface area (Å²) in [6, 6.07) is 18.4. The summed E-state index contributed by atoms with van der Waals surface area (Å²) in [4.78, 5) is 24.9. The Morgan fingerprint density at radius 1 is 0.857 bits per heavy atom. The van der Waals surface area contributed by atoms with Crippen molar-refractivity contribution in [3.8, 4) is 0 Å². The Morgan fingerprint density at radius 3 is 1.90 bits per heavy atom. The molecule has 0 heterocycles. The van der Waals surface area contributed by atoms with Gasteiger partial charge in [-0.3, -0.25) is 9.59 Å². The molecule has 1 amide bonds. The lowest BCUT2D eigenvalue weighted by molar-refractivity contribution is -0.129. The van der Waals surface area contributed by atoms with Crippen molar-refractivity contribution >= 4 is 17.4 Å². The van der Waals surface area contributed by atoms with Crippen LogP contribution >= 0.6 is 0 Å². The van der Waals surface area contributed by atoms with Crippen LogP contribution in [0.15, 0.2) is 60.7 Å². The Bertz CT molecular complexity index is 606. The van der Waals surface area contributed by atoms with Crippen molar-refractivity contribution in [1.82, 2.24) is 0 Å². The van der Waals surface area contributed by atoms with E-state index < -0.39 is 5.92 Å². The Labute approximate surface area is 125 Å². The van der Waals surface area contributed by atoms with Crippen LogP contribution < -0.4 is 5.32 Å². The molecule has 21 heavy (non-hydrogen) atoms. The number of rotatable bonds is 5. The lowest BCUT2D eigenvalue weighted by Crippen LogP contribution is -2.30. The van der Waals surface area contributed by atoms with E-state index in [1.54, 1.807) is 12.1 Å². The minimum absolute atomic E-state index is 0.0744. The number of carbonyl (C=O) groups excluding carboxylic acids is 2. The molecule has 108 valence electrons. The Hall–Kier alpha value is -2.42. The molecule has 1 unspecified atom stereocenters. The standard InChI is InChI=1S/C18H19NO2/c1-13(2)17(20)16(14-9-5-3-6-10-14)18(21)19-15-11-7-4-8-12-15/h3-13,16H,1-2H3,(H,19,21). The third-order valence-electron chi connectivity index (χ3n) is 3.29. The Balaban J connectivity index is 2.27. The first-order valence-electron chi connectivity index (χ1n) is 7.04. The molecule has 0 fully saturated rings. The number of para-hydroxylation sites is 1. The number of Topliss-reactive ketones (excluding diaryl/α,β-unsaturated/α-hetero) is 1. The van der Waals surface area contributed by atoms with Crippen molar-refractivity contribution < 1.29 is 9.59 Å². The Morgan fingerprint density at radius 2 is 1.38 bits per heavy atom. The fraction of sp³-hybridized carbons (Fsp3) is 0.222. The van der Waals surface area contributed by atoms with Gasteiger partial charge in [0.25, 0.3) is 0 Å². The first-order valence-corrected chi connectivity index (χ1v) is 7.04. The predicted octanol–water partition coefficient (Wildman–Crippen LogP) is 3.63. The van der Waals surface area contributed by atoms with Gasteiger partial charge in [0.15, 0.2) is 5.78 Å². The van der Waals surface area contributed by atoms with E-state index in [1.807, 2.05) is 62.4 Å². The summed E-state index contributed by atoms with van der Waals surface area (Å²) in [7, 11) is 0. The van der Waals surface area contributed by atoms with Crippen molar-refractivity contribution in [3.63, 3.8) is 0 Å². The summed E-state index contributed by atoms with van der Waals surface area (Å²) in [6.07, 6.45) is 0. The molecule has 1 N–H and O–H groups in total. The Kier molecular flexibility index (Phi) is 4.88. The number of benzene rings is 2. The smallest absolute Gasteiger partial charge is 0.239 e. The molecule has 0 spiro atoms. The van der Waals surface area contributed by atoms with E-state index in [2.05, 4.69) is 5.32 Å². The average molecular weight is 281 g/mol. The van der Waals surface area contributed by atoms with Gasteiger partial charge in [-0.2, -0.15) is 0 Å². The van der Waals surface area contributed by atoms with Gasteiger partial charge < -0.3 is 5.32 Å². The monoisotopic (exact) mass is 281 g/mol. The second-order valence-electron chi connectivity index (χ2n) is 5.26. The van der Waals surface area contributed by atoms with Gasteiger partial charge in [0.05, 0.1) is 0 Å². The van der Waals surface area contributed by atoms with Gasteiger partial charge in [0.1, 0.15) is 5.92 Å².